The number of alkyl halides is 1. The fourth-order valence-electron chi connectivity index (χ4n) is 3.72. The van der Waals surface area contributed by atoms with Gasteiger partial charge in [-0.25, -0.2) is 0 Å². The SMILES string of the molecule is C=C1C2CC3CC(C2)[C@@H](Cl)C1C3. The smallest absolute Gasteiger partial charge is 0.0429 e. The van der Waals surface area contributed by atoms with Crippen LogP contribution in [-0.4, -0.2) is 5.38 Å². The normalized spacial score (nSPS) is 56.4. The summed E-state index contributed by atoms with van der Waals surface area (Å²) in [4.78, 5) is 0. The minimum absolute atomic E-state index is 0.435. The van der Waals surface area contributed by atoms with Crippen LogP contribution in [-0.2, 0) is 0 Å². The maximum absolute atomic E-state index is 6.40. The maximum atomic E-state index is 6.40. The molecule has 4 fully saturated rings. The molecule has 0 aromatic carbocycles. The summed E-state index contributed by atoms with van der Waals surface area (Å²) in [6.07, 6.45) is 5.53. The van der Waals surface area contributed by atoms with Gasteiger partial charge in [-0.3, -0.25) is 0 Å². The third kappa shape index (κ3) is 0.797. The lowest BCUT2D eigenvalue weighted by atomic mass is 9.54. The molecule has 4 bridgehead atoms. The fraction of sp³-hybridized carbons (Fsp3) is 0.818. The van der Waals surface area contributed by atoms with Crippen molar-refractivity contribution in [1.29, 1.82) is 0 Å². The predicted octanol–water partition coefficient (Wildman–Crippen LogP) is 3.22. The standard InChI is InChI=1S/C11H15Cl/c1-6-8-2-7-3-9(5-8)11(12)10(6)4-7/h7-11H,1-5H2/t7?,8?,9?,10?,11-/m1/s1. The van der Waals surface area contributed by atoms with E-state index in [0.717, 1.165) is 17.8 Å². The maximum Gasteiger partial charge on any atom is 0.0429 e. The van der Waals surface area contributed by atoms with Gasteiger partial charge in [0, 0.05) is 5.38 Å². The van der Waals surface area contributed by atoms with Crippen molar-refractivity contribution in [1.82, 2.24) is 0 Å². The van der Waals surface area contributed by atoms with Crippen LogP contribution in [0.1, 0.15) is 25.7 Å². The monoisotopic (exact) mass is 182 g/mol. The van der Waals surface area contributed by atoms with Gasteiger partial charge < -0.3 is 0 Å². The second-order valence-electron chi connectivity index (χ2n) is 4.89. The molecular weight excluding hydrogens is 168 g/mol. The van der Waals surface area contributed by atoms with Gasteiger partial charge in [-0.2, -0.15) is 0 Å². The van der Waals surface area contributed by atoms with E-state index in [1.807, 2.05) is 0 Å². The third-order valence-corrected chi connectivity index (χ3v) is 4.92. The first-order valence-corrected chi connectivity index (χ1v) is 5.52. The minimum Gasteiger partial charge on any atom is -0.122 e. The predicted molar refractivity (Wildman–Crippen MR) is 51.2 cm³/mol. The second-order valence-corrected chi connectivity index (χ2v) is 5.40. The summed E-state index contributed by atoms with van der Waals surface area (Å²) in [5.41, 5.74) is 1.49. The van der Waals surface area contributed by atoms with Crippen LogP contribution in [0.15, 0.2) is 12.2 Å². The Morgan fingerprint density at radius 3 is 2.83 bits per heavy atom. The average molecular weight is 183 g/mol. The Labute approximate surface area is 79.0 Å². The van der Waals surface area contributed by atoms with Crippen molar-refractivity contribution in [3.05, 3.63) is 12.2 Å². The van der Waals surface area contributed by atoms with E-state index in [2.05, 4.69) is 6.58 Å². The molecule has 4 saturated carbocycles. The molecule has 4 rings (SSSR count). The van der Waals surface area contributed by atoms with Crippen LogP contribution in [0.25, 0.3) is 0 Å². The molecule has 0 spiro atoms. The first-order chi connectivity index (χ1) is 5.75. The largest absolute Gasteiger partial charge is 0.122 e. The molecule has 66 valence electrons. The van der Waals surface area contributed by atoms with Gasteiger partial charge in [0.1, 0.15) is 0 Å². The highest BCUT2D eigenvalue weighted by Gasteiger charge is 2.49. The van der Waals surface area contributed by atoms with E-state index >= 15 is 0 Å². The van der Waals surface area contributed by atoms with Gasteiger partial charge in [-0.05, 0) is 49.4 Å². The lowest BCUT2D eigenvalue weighted by Crippen LogP contribution is -2.47. The molecule has 0 N–H and O–H groups in total. The van der Waals surface area contributed by atoms with Gasteiger partial charge in [0.05, 0.1) is 0 Å². The Kier molecular flexibility index (Phi) is 1.42. The Morgan fingerprint density at radius 1 is 1.17 bits per heavy atom. The molecule has 12 heavy (non-hydrogen) atoms. The van der Waals surface area contributed by atoms with E-state index in [1.54, 1.807) is 0 Å². The topological polar surface area (TPSA) is 0 Å². The molecular formula is C11H15Cl. The average Bonchev–Trinajstić information content (AvgIpc) is 2.07. The summed E-state index contributed by atoms with van der Waals surface area (Å²) in [6.45, 7) is 4.22. The third-order valence-electron chi connectivity index (χ3n) is 4.26. The van der Waals surface area contributed by atoms with Crippen LogP contribution in [0, 0.1) is 23.7 Å². The molecule has 0 nitrogen and oxygen atoms in total. The van der Waals surface area contributed by atoms with Crippen molar-refractivity contribution in [3.8, 4) is 0 Å². The van der Waals surface area contributed by atoms with E-state index in [4.69, 9.17) is 11.6 Å². The quantitative estimate of drug-likeness (QED) is 0.399. The van der Waals surface area contributed by atoms with Crippen LogP contribution in [0.3, 0.4) is 0 Å². The van der Waals surface area contributed by atoms with E-state index in [9.17, 15) is 0 Å². The first-order valence-electron chi connectivity index (χ1n) is 5.08. The van der Waals surface area contributed by atoms with Crippen molar-refractivity contribution in [3.63, 3.8) is 0 Å². The summed E-state index contributed by atoms with van der Waals surface area (Å²) >= 11 is 6.40. The van der Waals surface area contributed by atoms with Crippen LogP contribution in [0.4, 0.5) is 0 Å². The van der Waals surface area contributed by atoms with Gasteiger partial charge >= 0.3 is 0 Å². The Bertz CT molecular complexity index is 233. The summed E-state index contributed by atoms with van der Waals surface area (Å²) < 4.78 is 0. The molecule has 4 aliphatic carbocycles. The summed E-state index contributed by atoms with van der Waals surface area (Å²) in [5, 5.41) is 0.435. The Hall–Kier alpha value is 0.0300. The van der Waals surface area contributed by atoms with Gasteiger partial charge in [0.2, 0.25) is 0 Å². The van der Waals surface area contributed by atoms with Crippen molar-refractivity contribution in [2.75, 3.05) is 0 Å². The number of rotatable bonds is 0. The molecule has 0 aromatic rings. The zero-order chi connectivity index (χ0) is 8.29. The molecule has 0 amide bonds. The van der Waals surface area contributed by atoms with Gasteiger partial charge in [0.15, 0.2) is 0 Å². The van der Waals surface area contributed by atoms with E-state index in [0.29, 0.717) is 11.3 Å². The lowest BCUT2D eigenvalue weighted by Gasteiger charge is -2.53. The van der Waals surface area contributed by atoms with Crippen molar-refractivity contribution < 1.29 is 0 Å². The number of hydrogen-bond acceptors (Lipinski definition) is 0. The summed E-state index contributed by atoms with van der Waals surface area (Å²) in [7, 11) is 0. The zero-order valence-corrected chi connectivity index (χ0v) is 8.06. The number of hydrogen-bond donors (Lipinski definition) is 0. The summed E-state index contributed by atoms with van der Waals surface area (Å²) in [6, 6.07) is 0. The highest BCUT2D eigenvalue weighted by molar-refractivity contribution is 6.21. The van der Waals surface area contributed by atoms with Crippen molar-refractivity contribution in [2.45, 2.75) is 31.1 Å². The molecule has 4 unspecified atom stereocenters. The highest BCUT2D eigenvalue weighted by Crippen LogP contribution is 2.57. The van der Waals surface area contributed by atoms with Crippen LogP contribution in [0.2, 0.25) is 0 Å². The van der Waals surface area contributed by atoms with Crippen LogP contribution < -0.4 is 0 Å². The lowest BCUT2D eigenvalue weighted by molar-refractivity contribution is 0.0749. The van der Waals surface area contributed by atoms with Crippen LogP contribution in [0.5, 0.6) is 0 Å². The van der Waals surface area contributed by atoms with Crippen molar-refractivity contribution in [2.24, 2.45) is 23.7 Å². The molecule has 0 saturated heterocycles. The molecule has 4 aliphatic rings. The van der Waals surface area contributed by atoms with Gasteiger partial charge in [0.25, 0.3) is 0 Å². The van der Waals surface area contributed by atoms with E-state index < -0.39 is 0 Å². The highest BCUT2D eigenvalue weighted by atomic mass is 35.5. The van der Waals surface area contributed by atoms with Crippen molar-refractivity contribution >= 4 is 11.6 Å². The first kappa shape index (κ1) is 7.44. The Balaban J connectivity index is 1.98. The molecule has 0 radical (unpaired) electrons. The van der Waals surface area contributed by atoms with Crippen LogP contribution >= 0.6 is 11.6 Å². The molecule has 0 heterocycles. The number of halogens is 1. The molecule has 5 atom stereocenters. The van der Waals surface area contributed by atoms with Gasteiger partial charge in [-0.1, -0.05) is 12.2 Å². The van der Waals surface area contributed by atoms with E-state index in [1.165, 1.54) is 31.3 Å². The van der Waals surface area contributed by atoms with Gasteiger partial charge in [-0.15, -0.1) is 11.6 Å². The molecule has 1 heteroatoms. The molecule has 0 aromatic heterocycles. The fourth-order valence-corrected chi connectivity index (χ4v) is 4.19. The van der Waals surface area contributed by atoms with E-state index in [-0.39, 0.29) is 0 Å². The minimum atomic E-state index is 0.435. The zero-order valence-electron chi connectivity index (χ0n) is 7.30. The molecule has 0 aliphatic heterocycles. The Morgan fingerprint density at radius 2 is 2.00 bits per heavy atom. The number of allylic oxidation sites excluding steroid dienone is 1. The summed E-state index contributed by atoms with van der Waals surface area (Å²) in [5.74, 6) is 3.37. The second kappa shape index (κ2) is 2.29.